The second-order valence-electron chi connectivity index (χ2n) is 3.30. The van der Waals surface area contributed by atoms with Gasteiger partial charge in [0.25, 0.3) is 0 Å². The molecule has 0 atom stereocenters. The molecule has 3 nitrogen and oxygen atoms in total. The van der Waals surface area contributed by atoms with Crippen LogP contribution in [0, 0.1) is 5.92 Å². The van der Waals surface area contributed by atoms with Gasteiger partial charge in [0.1, 0.15) is 5.75 Å². The summed E-state index contributed by atoms with van der Waals surface area (Å²) < 4.78 is 0. The number of ketones is 1. The van der Waals surface area contributed by atoms with Crippen molar-refractivity contribution in [3.63, 3.8) is 0 Å². The van der Waals surface area contributed by atoms with Crippen molar-refractivity contribution < 1.29 is 9.90 Å². The number of nitrogens with two attached hydrogens (primary N) is 1. The molecule has 0 aliphatic heterocycles. The number of phenols is 1. The molecule has 0 amide bonds. The van der Waals surface area contributed by atoms with Gasteiger partial charge in [0.15, 0.2) is 5.78 Å². The quantitative estimate of drug-likeness (QED) is 0.537. The van der Waals surface area contributed by atoms with Crippen LogP contribution in [0.15, 0.2) is 18.2 Å². The molecule has 0 heterocycles. The molecule has 0 fully saturated rings. The summed E-state index contributed by atoms with van der Waals surface area (Å²) in [7, 11) is 0. The van der Waals surface area contributed by atoms with E-state index >= 15 is 0 Å². The molecule has 1 aromatic carbocycles. The van der Waals surface area contributed by atoms with Crippen LogP contribution in [-0.4, -0.2) is 10.9 Å². The number of nitrogen functional groups attached to an aromatic ring is 1. The number of Topliss-reactive ketones (excluding diaryl/α,β-unsaturated/α-hetero) is 1. The lowest BCUT2D eigenvalue weighted by Crippen LogP contribution is -2.07. The second kappa shape index (κ2) is 3.47. The van der Waals surface area contributed by atoms with Crippen molar-refractivity contribution in [2.75, 3.05) is 5.73 Å². The van der Waals surface area contributed by atoms with E-state index in [1.807, 2.05) is 0 Å². The predicted molar refractivity (Wildman–Crippen MR) is 51.7 cm³/mol. The summed E-state index contributed by atoms with van der Waals surface area (Å²) in [6, 6.07) is 4.54. The van der Waals surface area contributed by atoms with Crippen LogP contribution in [0.5, 0.6) is 5.75 Å². The lowest BCUT2D eigenvalue weighted by atomic mass is 10.00. The van der Waals surface area contributed by atoms with Crippen LogP contribution in [-0.2, 0) is 0 Å². The van der Waals surface area contributed by atoms with Gasteiger partial charge >= 0.3 is 0 Å². The first-order valence-corrected chi connectivity index (χ1v) is 4.15. The molecular formula is C10H13NO2. The zero-order valence-corrected chi connectivity index (χ0v) is 7.74. The Balaban J connectivity index is 3.09. The number of hydrogen-bond donors (Lipinski definition) is 2. The minimum Gasteiger partial charge on any atom is -0.507 e. The summed E-state index contributed by atoms with van der Waals surface area (Å²) >= 11 is 0. The van der Waals surface area contributed by atoms with Gasteiger partial charge in [-0.3, -0.25) is 4.79 Å². The average Bonchev–Trinajstić information content (AvgIpc) is 2.03. The topological polar surface area (TPSA) is 63.3 Å². The van der Waals surface area contributed by atoms with E-state index in [1.165, 1.54) is 6.07 Å². The molecular weight excluding hydrogens is 166 g/mol. The summed E-state index contributed by atoms with van der Waals surface area (Å²) in [5.41, 5.74) is 6.23. The van der Waals surface area contributed by atoms with E-state index in [9.17, 15) is 9.90 Å². The van der Waals surface area contributed by atoms with Gasteiger partial charge in [-0.25, -0.2) is 0 Å². The molecule has 0 unspecified atom stereocenters. The predicted octanol–water partition coefficient (Wildman–Crippen LogP) is 1.81. The summed E-state index contributed by atoms with van der Waals surface area (Å²) in [6.45, 7) is 3.58. The van der Waals surface area contributed by atoms with Gasteiger partial charge in [0, 0.05) is 17.7 Å². The largest absolute Gasteiger partial charge is 0.507 e. The Hall–Kier alpha value is -1.51. The van der Waals surface area contributed by atoms with Crippen molar-refractivity contribution in [2.24, 2.45) is 5.92 Å². The van der Waals surface area contributed by atoms with Gasteiger partial charge in [-0.2, -0.15) is 0 Å². The molecule has 0 bridgehead atoms. The SMILES string of the molecule is CC(C)C(=O)c1ccc(N)cc1O. The normalized spacial score (nSPS) is 10.4. The Labute approximate surface area is 77.2 Å². The summed E-state index contributed by atoms with van der Waals surface area (Å²) in [5.74, 6) is -0.231. The maximum atomic E-state index is 11.5. The molecule has 1 rings (SSSR count). The van der Waals surface area contributed by atoms with Crippen LogP contribution in [0.1, 0.15) is 24.2 Å². The van der Waals surface area contributed by atoms with Crippen molar-refractivity contribution in [2.45, 2.75) is 13.8 Å². The Morgan fingerprint density at radius 3 is 2.54 bits per heavy atom. The van der Waals surface area contributed by atoms with E-state index < -0.39 is 0 Å². The summed E-state index contributed by atoms with van der Waals surface area (Å²) in [5, 5.41) is 9.41. The monoisotopic (exact) mass is 179 g/mol. The number of rotatable bonds is 2. The first-order valence-electron chi connectivity index (χ1n) is 4.15. The highest BCUT2D eigenvalue weighted by molar-refractivity contribution is 6.00. The molecule has 0 saturated carbocycles. The lowest BCUT2D eigenvalue weighted by Gasteiger charge is -2.06. The molecule has 0 aliphatic carbocycles. The van der Waals surface area contributed by atoms with Gasteiger partial charge < -0.3 is 10.8 Å². The zero-order valence-electron chi connectivity index (χ0n) is 7.74. The van der Waals surface area contributed by atoms with Gasteiger partial charge in [-0.05, 0) is 12.1 Å². The molecule has 0 radical (unpaired) electrons. The van der Waals surface area contributed by atoms with Crippen molar-refractivity contribution in [3.05, 3.63) is 23.8 Å². The molecule has 13 heavy (non-hydrogen) atoms. The Bertz CT molecular complexity index is 332. The van der Waals surface area contributed by atoms with E-state index in [1.54, 1.807) is 26.0 Å². The van der Waals surface area contributed by atoms with E-state index in [0.29, 0.717) is 11.3 Å². The molecule has 70 valence electrons. The summed E-state index contributed by atoms with van der Waals surface area (Å²) in [4.78, 5) is 11.5. The number of aromatic hydroxyl groups is 1. The zero-order chi connectivity index (χ0) is 10.0. The molecule has 3 heteroatoms. The Morgan fingerprint density at radius 1 is 1.46 bits per heavy atom. The van der Waals surface area contributed by atoms with Gasteiger partial charge in [0.2, 0.25) is 0 Å². The second-order valence-corrected chi connectivity index (χ2v) is 3.30. The Kier molecular flexibility index (Phi) is 2.56. The number of anilines is 1. The van der Waals surface area contributed by atoms with Gasteiger partial charge in [-0.1, -0.05) is 13.8 Å². The van der Waals surface area contributed by atoms with E-state index in [4.69, 9.17) is 5.73 Å². The fourth-order valence-electron chi connectivity index (χ4n) is 1.07. The molecule has 3 N–H and O–H groups in total. The van der Waals surface area contributed by atoms with Crippen LogP contribution in [0.3, 0.4) is 0 Å². The van der Waals surface area contributed by atoms with Gasteiger partial charge in [0.05, 0.1) is 5.56 Å². The summed E-state index contributed by atoms with van der Waals surface area (Å²) in [6.07, 6.45) is 0. The molecule has 0 saturated heterocycles. The van der Waals surface area contributed by atoms with Crippen LogP contribution in [0.25, 0.3) is 0 Å². The average molecular weight is 179 g/mol. The Morgan fingerprint density at radius 2 is 2.08 bits per heavy atom. The van der Waals surface area contributed by atoms with Crippen molar-refractivity contribution in [3.8, 4) is 5.75 Å². The third kappa shape index (κ3) is 1.99. The standard InChI is InChI=1S/C10H13NO2/c1-6(2)10(13)8-4-3-7(11)5-9(8)12/h3-6,12H,11H2,1-2H3. The molecule has 0 aromatic heterocycles. The van der Waals surface area contributed by atoms with Crippen molar-refractivity contribution >= 4 is 11.5 Å². The maximum absolute atomic E-state index is 11.5. The maximum Gasteiger partial charge on any atom is 0.169 e. The highest BCUT2D eigenvalue weighted by atomic mass is 16.3. The van der Waals surface area contributed by atoms with E-state index in [-0.39, 0.29) is 17.5 Å². The molecule has 0 aliphatic rings. The highest BCUT2D eigenvalue weighted by Gasteiger charge is 2.14. The molecule has 0 spiro atoms. The van der Waals surface area contributed by atoms with Crippen LogP contribution < -0.4 is 5.73 Å². The third-order valence-corrected chi connectivity index (χ3v) is 1.81. The van der Waals surface area contributed by atoms with Crippen LogP contribution in [0.2, 0.25) is 0 Å². The lowest BCUT2D eigenvalue weighted by molar-refractivity contribution is 0.0937. The van der Waals surface area contributed by atoms with Crippen LogP contribution >= 0.6 is 0 Å². The number of carbonyl (C=O) groups excluding carboxylic acids is 1. The minimum absolute atomic E-state index is 0.0429. The van der Waals surface area contributed by atoms with E-state index in [2.05, 4.69) is 0 Å². The third-order valence-electron chi connectivity index (χ3n) is 1.81. The minimum atomic E-state index is -0.116. The first-order chi connectivity index (χ1) is 6.02. The number of phenolic OH excluding ortho intramolecular Hbond substituents is 1. The first kappa shape index (κ1) is 9.58. The van der Waals surface area contributed by atoms with Crippen LogP contribution in [0.4, 0.5) is 5.69 Å². The van der Waals surface area contributed by atoms with Gasteiger partial charge in [-0.15, -0.1) is 0 Å². The highest BCUT2D eigenvalue weighted by Crippen LogP contribution is 2.22. The van der Waals surface area contributed by atoms with E-state index in [0.717, 1.165) is 0 Å². The fraction of sp³-hybridized carbons (Fsp3) is 0.300. The smallest absolute Gasteiger partial charge is 0.169 e. The number of carbonyl (C=O) groups is 1. The van der Waals surface area contributed by atoms with Crippen molar-refractivity contribution in [1.82, 2.24) is 0 Å². The molecule has 1 aromatic rings. The number of hydrogen-bond acceptors (Lipinski definition) is 3. The fourth-order valence-corrected chi connectivity index (χ4v) is 1.07. The number of benzene rings is 1. The van der Waals surface area contributed by atoms with Crippen molar-refractivity contribution in [1.29, 1.82) is 0 Å².